The second-order valence-corrected chi connectivity index (χ2v) is 5.78. The maximum atomic E-state index is 12.4. The molecule has 2 fully saturated rings. The third-order valence-electron chi connectivity index (χ3n) is 4.46. The van der Waals surface area contributed by atoms with Crippen LogP contribution in [0.5, 0.6) is 0 Å². The third kappa shape index (κ3) is 4.31. The van der Waals surface area contributed by atoms with Crippen molar-refractivity contribution < 1.29 is 19.4 Å². The molecule has 1 saturated heterocycles. The molecular weight excluding hydrogens is 296 g/mol. The summed E-state index contributed by atoms with van der Waals surface area (Å²) in [6.45, 7) is 2.95. The minimum absolute atomic E-state index is 0. The van der Waals surface area contributed by atoms with E-state index < -0.39 is 12.0 Å². The van der Waals surface area contributed by atoms with Crippen LogP contribution in [0.1, 0.15) is 32.6 Å². The Hall–Kier alpha value is -0.850. The lowest BCUT2D eigenvalue weighted by Crippen LogP contribution is -2.57. The van der Waals surface area contributed by atoms with E-state index >= 15 is 0 Å². The summed E-state index contributed by atoms with van der Waals surface area (Å²) in [6, 6.07) is -0.472. The van der Waals surface area contributed by atoms with Crippen molar-refractivity contribution in [3.63, 3.8) is 0 Å². The number of halogens is 1. The molecule has 0 spiro atoms. The summed E-state index contributed by atoms with van der Waals surface area (Å²) < 4.78 is 5.75. The summed E-state index contributed by atoms with van der Waals surface area (Å²) in [5.74, 6) is -0.890. The molecule has 122 valence electrons. The van der Waals surface area contributed by atoms with Gasteiger partial charge in [-0.1, -0.05) is 12.8 Å². The first kappa shape index (κ1) is 18.2. The van der Waals surface area contributed by atoms with E-state index in [1.54, 1.807) is 18.9 Å². The summed E-state index contributed by atoms with van der Waals surface area (Å²) in [5.41, 5.74) is 0. The van der Waals surface area contributed by atoms with E-state index in [4.69, 9.17) is 9.84 Å². The van der Waals surface area contributed by atoms with Gasteiger partial charge in [0.2, 0.25) is 5.91 Å². The molecule has 1 heterocycles. The monoisotopic (exact) mass is 320 g/mol. The van der Waals surface area contributed by atoms with Gasteiger partial charge >= 0.3 is 5.97 Å². The molecule has 3 unspecified atom stereocenters. The van der Waals surface area contributed by atoms with Crippen molar-refractivity contribution in [1.29, 1.82) is 0 Å². The minimum Gasteiger partial charge on any atom is -0.480 e. The molecule has 0 bridgehead atoms. The average molecular weight is 321 g/mol. The van der Waals surface area contributed by atoms with Crippen molar-refractivity contribution in [3.8, 4) is 0 Å². The SMILES string of the molecule is CC(C(=O)O)N(C)CC(=O)N1CCOC2CCCCC21.Cl. The zero-order valence-corrected chi connectivity index (χ0v) is 13.5. The summed E-state index contributed by atoms with van der Waals surface area (Å²) in [4.78, 5) is 26.8. The Labute approximate surface area is 131 Å². The predicted octanol–water partition coefficient (Wildman–Crippen LogP) is 0.983. The molecule has 1 aliphatic carbocycles. The van der Waals surface area contributed by atoms with Gasteiger partial charge in [0.15, 0.2) is 0 Å². The van der Waals surface area contributed by atoms with E-state index in [1.165, 1.54) is 6.42 Å². The fraction of sp³-hybridized carbons (Fsp3) is 0.857. The number of carboxylic acids is 1. The number of rotatable bonds is 4. The molecule has 3 atom stereocenters. The van der Waals surface area contributed by atoms with Crippen molar-refractivity contribution in [3.05, 3.63) is 0 Å². The number of carbonyl (C=O) groups excluding carboxylic acids is 1. The maximum Gasteiger partial charge on any atom is 0.320 e. The highest BCUT2D eigenvalue weighted by Crippen LogP contribution is 2.28. The lowest BCUT2D eigenvalue weighted by Gasteiger charge is -2.44. The van der Waals surface area contributed by atoms with Gasteiger partial charge in [0, 0.05) is 6.54 Å². The number of hydrogen-bond donors (Lipinski definition) is 1. The molecule has 1 saturated carbocycles. The third-order valence-corrected chi connectivity index (χ3v) is 4.46. The number of morpholine rings is 1. The number of carbonyl (C=O) groups is 2. The molecule has 1 amide bonds. The average Bonchev–Trinajstić information content (AvgIpc) is 2.45. The first-order valence-electron chi connectivity index (χ1n) is 7.35. The van der Waals surface area contributed by atoms with Crippen LogP contribution in [0.3, 0.4) is 0 Å². The molecule has 6 nitrogen and oxygen atoms in total. The summed E-state index contributed by atoms with van der Waals surface area (Å²) in [6.07, 6.45) is 4.49. The Kier molecular flexibility index (Phi) is 6.90. The summed E-state index contributed by atoms with van der Waals surface area (Å²) in [7, 11) is 1.68. The molecule has 7 heteroatoms. The Morgan fingerprint density at radius 1 is 1.38 bits per heavy atom. The van der Waals surface area contributed by atoms with Crippen molar-refractivity contribution in [1.82, 2.24) is 9.80 Å². The quantitative estimate of drug-likeness (QED) is 0.836. The van der Waals surface area contributed by atoms with E-state index in [-0.39, 0.29) is 37.0 Å². The second-order valence-electron chi connectivity index (χ2n) is 5.78. The summed E-state index contributed by atoms with van der Waals surface area (Å²) >= 11 is 0. The van der Waals surface area contributed by atoms with E-state index in [0.29, 0.717) is 13.2 Å². The number of carboxylic acid groups (broad SMARTS) is 1. The Morgan fingerprint density at radius 3 is 2.71 bits per heavy atom. The van der Waals surface area contributed by atoms with Crippen LogP contribution >= 0.6 is 12.4 Å². The van der Waals surface area contributed by atoms with Gasteiger partial charge in [0.05, 0.1) is 25.3 Å². The van der Waals surface area contributed by atoms with Crippen molar-refractivity contribution >= 4 is 24.3 Å². The zero-order valence-electron chi connectivity index (χ0n) is 12.7. The Morgan fingerprint density at radius 2 is 2.05 bits per heavy atom. The molecule has 0 aromatic heterocycles. The van der Waals surface area contributed by atoms with Crippen LogP contribution in [0.25, 0.3) is 0 Å². The van der Waals surface area contributed by atoms with E-state index in [2.05, 4.69) is 0 Å². The largest absolute Gasteiger partial charge is 0.480 e. The van der Waals surface area contributed by atoms with Gasteiger partial charge in [-0.2, -0.15) is 0 Å². The van der Waals surface area contributed by atoms with Crippen LogP contribution in [0.2, 0.25) is 0 Å². The number of amides is 1. The lowest BCUT2D eigenvalue weighted by atomic mass is 9.90. The van der Waals surface area contributed by atoms with Crippen LogP contribution in [-0.4, -0.2) is 71.7 Å². The zero-order chi connectivity index (χ0) is 14.7. The number of ether oxygens (including phenoxy) is 1. The molecule has 1 N–H and O–H groups in total. The number of fused-ring (bicyclic) bond motifs is 1. The molecule has 21 heavy (non-hydrogen) atoms. The van der Waals surface area contributed by atoms with Gasteiger partial charge in [-0.15, -0.1) is 12.4 Å². The standard InChI is InChI=1S/C14H24N2O4.ClH/c1-10(14(18)19)15(2)9-13(17)16-7-8-20-12-6-4-3-5-11(12)16;/h10-12H,3-9H2,1-2H3,(H,18,19);1H. The number of nitrogens with zero attached hydrogens (tertiary/aromatic N) is 2. The highest BCUT2D eigenvalue weighted by atomic mass is 35.5. The van der Waals surface area contributed by atoms with Gasteiger partial charge in [-0.25, -0.2) is 0 Å². The number of likely N-dealkylation sites (N-methyl/N-ethyl adjacent to an activating group) is 1. The first-order valence-corrected chi connectivity index (χ1v) is 7.35. The van der Waals surface area contributed by atoms with E-state index in [9.17, 15) is 9.59 Å². The highest BCUT2D eigenvalue weighted by molar-refractivity contribution is 5.85. The molecule has 0 aromatic carbocycles. The number of aliphatic carboxylic acids is 1. The first-order chi connectivity index (χ1) is 9.50. The normalized spacial score (nSPS) is 26.7. The Balaban J connectivity index is 0.00000220. The molecule has 0 aromatic rings. The van der Waals surface area contributed by atoms with Gasteiger partial charge < -0.3 is 14.7 Å². The van der Waals surface area contributed by atoms with Crippen LogP contribution < -0.4 is 0 Å². The fourth-order valence-electron chi connectivity index (χ4n) is 3.04. The minimum atomic E-state index is -0.905. The molecule has 2 aliphatic rings. The van der Waals surface area contributed by atoms with Crippen molar-refractivity contribution in [2.75, 3.05) is 26.7 Å². The topological polar surface area (TPSA) is 70.1 Å². The predicted molar refractivity (Wildman–Crippen MR) is 80.7 cm³/mol. The van der Waals surface area contributed by atoms with Gasteiger partial charge in [-0.3, -0.25) is 14.5 Å². The van der Waals surface area contributed by atoms with E-state index in [0.717, 1.165) is 19.3 Å². The number of hydrogen-bond acceptors (Lipinski definition) is 4. The second kappa shape index (κ2) is 7.96. The molecule has 0 radical (unpaired) electrons. The molecular formula is C14H25ClN2O4. The lowest BCUT2D eigenvalue weighted by molar-refractivity contribution is -0.152. The molecule has 1 aliphatic heterocycles. The van der Waals surface area contributed by atoms with E-state index in [1.807, 2.05) is 4.90 Å². The fourth-order valence-corrected chi connectivity index (χ4v) is 3.04. The van der Waals surface area contributed by atoms with Crippen molar-refractivity contribution in [2.24, 2.45) is 0 Å². The van der Waals surface area contributed by atoms with Crippen LogP contribution in [-0.2, 0) is 14.3 Å². The smallest absolute Gasteiger partial charge is 0.320 e. The van der Waals surface area contributed by atoms with Gasteiger partial charge in [0.25, 0.3) is 0 Å². The van der Waals surface area contributed by atoms with Crippen LogP contribution in [0.4, 0.5) is 0 Å². The van der Waals surface area contributed by atoms with Gasteiger partial charge in [-0.05, 0) is 26.8 Å². The van der Waals surface area contributed by atoms with Crippen molar-refractivity contribution in [2.45, 2.75) is 50.8 Å². The Bertz CT molecular complexity index is 378. The molecule has 2 rings (SSSR count). The summed E-state index contributed by atoms with van der Waals surface area (Å²) in [5, 5.41) is 8.98. The van der Waals surface area contributed by atoms with Crippen LogP contribution in [0.15, 0.2) is 0 Å². The van der Waals surface area contributed by atoms with Gasteiger partial charge in [0.1, 0.15) is 6.04 Å². The van der Waals surface area contributed by atoms with Crippen LogP contribution in [0, 0.1) is 0 Å². The highest BCUT2D eigenvalue weighted by Gasteiger charge is 2.37. The maximum absolute atomic E-state index is 12.4.